The molecule has 0 radical (unpaired) electrons. The lowest BCUT2D eigenvalue weighted by Gasteiger charge is -2.30. The van der Waals surface area contributed by atoms with E-state index in [0.29, 0.717) is 86.7 Å². The first-order chi connectivity index (χ1) is 18.5. The fraction of sp³-hybridized carbons (Fsp3) is 0.423. The van der Waals surface area contributed by atoms with Crippen LogP contribution in [0.25, 0.3) is 0 Å². The molecule has 5 heterocycles. The van der Waals surface area contributed by atoms with Crippen LogP contribution >= 0.6 is 0 Å². The van der Waals surface area contributed by atoms with Crippen LogP contribution in [0.4, 0.5) is 22.1 Å². The van der Waals surface area contributed by atoms with Crippen molar-refractivity contribution in [2.45, 2.75) is 38.0 Å². The number of hydrogen-bond donors (Lipinski definition) is 2. The zero-order valence-electron chi connectivity index (χ0n) is 20.9. The zero-order chi connectivity index (χ0) is 26.6. The second-order valence-electron chi connectivity index (χ2n) is 9.35. The smallest absolute Gasteiger partial charge is 0.328 e. The van der Waals surface area contributed by atoms with Crippen molar-refractivity contribution < 1.29 is 23.9 Å². The summed E-state index contributed by atoms with van der Waals surface area (Å²) in [5, 5.41) is 15.4. The minimum atomic E-state index is -0.438. The van der Waals surface area contributed by atoms with Crippen molar-refractivity contribution in [3.8, 4) is 6.07 Å². The number of aryl methyl sites for hydroxylation is 1. The Labute approximate surface area is 219 Å². The van der Waals surface area contributed by atoms with E-state index in [9.17, 15) is 19.6 Å². The van der Waals surface area contributed by atoms with Crippen LogP contribution in [0.5, 0.6) is 0 Å². The van der Waals surface area contributed by atoms with Crippen molar-refractivity contribution in [1.29, 1.82) is 5.26 Å². The molecule has 0 saturated carbocycles. The van der Waals surface area contributed by atoms with E-state index in [-0.39, 0.29) is 23.7 Å². The van der Waals surface area contributed by atoms with Crippen LogP contribution in [-0.2, 0) is 27.2 Å². The zero-order valence-corrected chi connectivity index (χ0v) is 20.9. The lowest BCUT2D eigenvalue weighted by atomic mass is 10.0. The maximum atomic E-state index is 13.3. The molecule has 0 aliphatic carbocycles. The Morgan fingerprint density at radius 2 is 2.18 bits per heavy atom. The lowest BCUT2D eigenvalue weighted by molar-refractivity contribution is 0.0211. The fourth-order valence-corrected chi connectivity index (χ4v) is 4.90. The van der Waals surface area contributed by atoms with Gasteiger partial charge in [-0.2, -0.15) is 5.26 Å². The molecule has 3 aliphatic rings. The molecule has 1 atom stereocenters. The molecule has 0 spiro atoms. The average molecular weight is 518 g/mol. The first-order valence-electron chi connectivity index (χ1n) is 12.4. The van der Waals surface area contributed by atoms with Crippen LogP contribution in [0.1, 0.15) is 40.0 Å². The summed E-state index contributed by atoms with van der Waals surface area (Å²) in [4.78, 5) is 48.9. The highest BCUT2D eigenvalue weighted by atomic mass is 16.5. The summed E-state index contributed by atoms with van der Waals surface area (Å²) >= 11 is 0. The first kappa shape index (κ1) is 25.4. The number of hydrogen-bond acceptors (Lipinski definition) is 10. The van der Waals surface area contributed by atoms with Gasteiger partial charge in [0.25, 0.3) is 0 Å². The number of amides is 2. The van der Waals surface area contributed by atoms with E-state index in [1.54, 1.807) is 13.2 Å². The van der Waals surface area contributed by atoms with E-state index in [1.807, 2.05) is 16.9 Å². The maximum Gasteiger partial charge on any atom is 0.328 e. The number of carbonyl (C=O) groups excluding carboxylic acids is 3. The van der Waals surface area contributed by atoms with Gasteiger partial charge in [-0.25, -0.2) is 19.6 Å². The average Bonchev–Trinajstić information content (AvgIpc) is 3.31. The number of aromatic nitrogens is 2. The Morgan fingerprint density at radius 3 is 2.87 bits per heavy atom. The topological polar surface area (TPSA) is 150 Å². The summed E-state index contributed by atoms with van der Waals surface area (Å²) in [6.07, 6.45) is 3.84. The monoisotopic (exact) mass is 517 g/mol. The largest absolute Gasteiger partial charge is 0.377 e. The van der Waals surface area contributed by atoms with Crippen LogP contribution in [0.2, 0.25) is 0 Å². The van der Waals surface area contributed by atoms with Crippen LogP contribution in [0.3, 0.4) is 0 Å². The molecular formula is C26H27N7O5. The van der Waals surface area contributed by atoms with Gasteiger partial charge in [0, 0.05) is 44.6 Å². The molecule has 38 heavy (non-hydrogen) atoms. The number of nitriles is 1. The number of likely N-dealkylation sites (tertiary alicyclic amines) is 1. The number of aldehydes is 1. The van der Waals surface area contributed by atoms with Gasteiger partial charge in [-0.05, 0) is 30.9 Å². The van der Waals surface area contributed by atoms with Gasteiger partial charge < -0.3 is 19.7 Å². The van der Waals surface area contributed by atoms with Crippen molar-refractivity contribution in [2.75, 3.05) is 48.9 Å². The second kappa shape index (κ2) is 11.0. The van der Waals surface area contributed by atoms with Crippen LogP contribution in [0, 0.1) is 11.3 Å². The van der Waals surface area contributed by atoms with Crippen molar-refractivity contribution in [2.24, 2.45) is 0 Å². The number of methoxy groups -OCH3 is 1. The van der Waals surface area contributed by atoms with E-state index < -0.39 is 6.03 Å². The Kier molecular flexibility index (Phi) is 7.33. The van der Waals surface area contributed by atoms with E-state index in [4.69, 9.17) is 9.47 Å². The highest BCUT2D eigenvalue weighted by molar-refractivity contribution is 6.01. The Morgan fingerprint density at radius 1 is 1.34 bits per heavy atom. The molecule has 2 N–H and O–H groups in total. The van der Waals surface area contributed by atoms with Gasteiger partial charge in [0.05, 0.1) is 30.5 Å². The minimum Gasteiger partial charge on any atom is -0.377 e. The molecule has 12 heteroatoms. The molecular weight excluding hydrogens is 490 g/mol. The number of fused-ring (bicyclic) bond motifs is 1. The van der Waals surface area contributed by atoms with E-state index in [1.165, 1.54) is 11.1 Å². The maximum absolute atomic E-state index is 13.3. The minimum absolute atomic E-state index is 0.0984. The SMILES string of the molecule is COC1CCN(Cc2cc3c(nc2C=O)N(C(=O)Nc2cc(NC4COC4)c(C#N)cn2)CCC3)C1=C=O. The predicted octanol–water partition coefficient (Wildman–Crippen LogP) is 1.89. The number of ether oxygens (including phenoxy) is 2. The van der Waals surface area contributed by atoms with Gasteiger partial charge in [-0.3, -0.25) is 15.0 Å². The number of anilines is 3. The second-order valence-corrected chi connectivity index (χ2v) is 9.35. The number of urea groups is 1. The van der Waals surface area contributed by atoms with Gasteiger partial charge in [-0.1, -0.05) is 0 Å². The van der Waals surface area contributed by atoms with Crippen LogP contribution in [-0.4, -0.2) is 78.7 Å². The third-order valence-electron chi connectivity index (χ3n) is 6.95. The van der Waals surface area contributed by atoms with E-state index in [2.05, 4.69) is 26.7 Å². The summed E-state index contributed by atoms with van der Waals surface area (Å²) in [6, 6.07) is 5.26. The highest BCUT2D eigenvalue weighted by Gasteiger charge is 2.31. The fourth-order valence-electron chi connectivity index (χ4n) is 4.90. The summed E-state index contributed by atoms with van der Waals surface area (Å²) in [6.45, 7) is 2.44. The van der Waals surface area contributed by atoms with Crippen LogP contribution in [0.15, 0.2) is 24.0 Å². The van der Waals surface area contributed by atoms with Gasteiger partial charge in [0.2, 0.25) is 0 Å². The third kappa shape index (κ3) is 4.95. The molecule has 5 rings (SSSR count). The van der Waals surface area contributed by atoms with Gasteiger partial charge in [0.1, 0.15) is 41.1 Å². The number of nitrogens with one attached hydrogen (secondary N) is 2. The molecule has 1 unspecified atom stereocenters. The Balaban J connectivity index is 1.36. The summed E-state index contributed by atoms with van der Waals surface area (Å²) < 4.78 is 10.5. The van der Waals surface area contributed by atoms with Gasteiger partial charge >= 0.3 is 6.03 Å². The molecule has 12 nitrogen and oxygen atoms in total. The molecule has 3 aliphatic heterocycles. The molecule has 0 aromatic carbocycles. The van der Waals surface area contributed by atoms with E-state index in [0.717, 1.165) is 5.56 Å². The van der Waals surface area contributed by atoms with Crippen molar-refractivity contribution >= 4 is 35.6 Å². The summed E-state index contributed by atoms with van der Waals surface area (Å²) in [7, 11) is 1.55. The Bertz CT molecular complexity index is 1350. The van der Waals surface area contributed by atoms with Gasteiger partial charge in [0.15, 0.2) is 6.29 Å². The molecule has 2 aromatic heterocycles. The lowest BCUT2D eigenvalue weighted by Crippen LogP contribution is -2.41. The van der Waals surface area contributed by atoms with Crippen molar-refractivity contribution in [1.82, 2.24) is 14.9 Å². The molecule has 2 fully saturated rings. The number of rotatable bonds is 7. The molecule has 196 valence electrons. The number of pyridine rings is 2. The highest BCUT2D eigenvalue weighted by Crippen LogP contribution is 2.31. The number of carbonyl (C=O) groups is 2. The molecule has 0 bridgehead atoms. The van der Waals surface area contributed by atoms with E-state index >= 15 is 0 Å². The normalized spacial score (nSPS) is 18.7. The quantitative estimate of drug-likeness (QED) is 0.412. The molecule has 2 saturated heterocycles. The van der Waals surface area contributed by atoms with Gasteiger partial charge in [-0.15, -0.1) is 0 Å². The molecule has 2 amide bonds. The first-order valence-corrected chi connectivity index (χ1v) is 12.4. The van der Waals surface area contributed by atoms with Crippen molar-refractivity contribution in [3.05, 3.63) is 46.4 Å². The van der Waals surface area contributed by atoms with Crippen molar-refractivity contribution in [3.63, 3.8) is 0 Å². The predicted molar refractivity (Wildman–Crippen MR) is 137 cm³/mol. The third-order valence-corrected chi connectivity index (χ3v) is 6.95. The van der Waals surface area contributed by atoms with Crippen LogP contribution < -0.4 is 15.5 Å². The summed E-state index contributed by atoms with van der Waals surface area (Å²) in [5.41, 5.74) is 3.08. The standard InChI is InChI=1S/C26H27N7O5/c1-37-23-4-6-32(22(23)13-35)11-17-7-16-3-2-5-33(25(16)30-21(17)12-34)26(36)31-24-8-20(18(9-27)10-28-24)29-19-14-38-15-19/h7-8,10,12,19,23H,2-6,11,14-15H2,1H3,(H2,28,29,31,36). The number of nitrogens with zero attached hydrogens (tertiary/aromatic N) is 5. The Hall–Kier alpha value is -4.30. The summed E-state index contributed by atoms with van der Waals surface area (Å²) in [5.74, 6) is 2.67. The molecule has 2 aromatic rings.